The van der Waals surface area contributed by atoms with Gasteiger partial charge in [-0.2, -0.15) is 4.98 Å². The molecule has 0 aliphatic heterocycles. The maximum atomic E-state index is 12.0. The zero-order valence-corrected chi connectivity index (χ0v) is 10.8. The number of carbonyl (C=O) groups excluding carboxylic acids is 1. The number of nitrogens with zero attached hydrogens (tertiary/aromatic N) is 2. The number of thiazole rings is 1. The van der Waals surface area contributed by atoms with E-state index in [1.54, 1.807) is 5.38 Å². The molecule has 1 atom stereocenters. The molecule has 0 unspecified atom stereocenters. The van der Waals surface area contributed by atoms with E-state index in [0.29, 0.717) is 4.96 Å². The van der Waals surface area contributed by atoms with Crippen molar-refractivity contribution < 1.29 is 9.90 Å². The molecule has 7 heteroatoms. The Labute approximate surface area is 107 Å². The second-order valence-electron chi connectivity index (χ2n) is 3.95. The average molecular weight is 267 g/mol. The average Bonchev–Trinajstić information content (AvgIpc) is 2.76. The molecule has 96 valence electrons. The smallest absolute Gasteiger partial charge is 0.275 e. The summed E-state index contributed by atoms with van der Waals surface area (Å²) in [6.45, 7) is 3.74. The van der Waals surface area contributed by atoms with Crippen LogP contribution in [0.3, 0.4) is 0 Å². The van der Waals surface area contributed by atoms with Crippen molar-refractivity contribution in [2.24, 2.45) is 0 Å². The van der Waals surface area contributed by atoms with Crippen LogP contribution in [0.25, 0.3) is 4.96 Å². The summed E-state index contributed by atoms with van der Waals surface area (Å²) >= 11 is 1.21. The molecule has 2 aromatic heterocycles. The van der Waals surface area contributed by atoms with Crippen molar-refractivity contribution in [2.75, 3.05) is 0 Å². The predicted octanol–water partition coefficient (Wildman–Crippen LogP) is 0.990. The molecule has 0 aliphatic rings. The van der Waals surface area contributed by atoms with Gasteiger partial charge in [-0.25, -0.2) is 0 Å². The van der Waals surface area contributed by atoms with Crippen LogP contribution in [0.4, 0.5) is 0 Å². The molecule has 0 bridgehead atoms. The minimum absolute atomic E-state index is 0.0699. The molecular formula is C11H13N3O3S. The summed E-state index contributed by atoms with van der Waals surface area (Å²) in [5.41, 5.74) is -0.870. The lowest BCUT2D eigenvalue weighted by molar-refractivity contribution is 0.0934. The summed E-state index contributed by atoms with van der Waals surface area (Å²) in [5, 5.41) is 14.0. The molecular weight excluding hydrogens is 254 g/mol. The van der Waals surface area contributed by atoms with Gasteiger partial charge in [-0.1, -0.05) is 6.92 Å². The summed E-state index contributed by atoms with van der Waals surface area (Å²) in [6, 6.07) is -0.0699. The van der Waals surface area contributed by atoms with E-state index in [-0.39, 0.29) is 11.6 Å². The first-order valence-electron chi connectivity index (χ1n) is 5.54. The van der Waals surface area contributed by atoms with Crippen LogP contribution in [0, 0.1) is 0 Å². The first-order valence-corrected chi connectivity index (χ1v) is 6.42. The summed E-state index contributed by atoms with van der Waals surface area (Å²) < 4.78 is 1.25. The number of hydrogen-bond donors (Lipinski definition) is 2. The Hall–Kier alpha value is -1.89. The summed E-state index contributed by atoms with van der Waals surface area (Å²) in [5.74, 6) is -1.12. The molecule has 0 saturated heterocycles. The maximum Gasteiger partial charge on any atom is 0.275 e. The van der Waals surface area contributed by atoms with Gasteiger partial charge in [0.05, 0.1) is 0 Å². The van der Waals surface area contributed by atoms with Gasteiger partial charge in [-0.15, -0.1) is 11.3 Å². The first kappa shape index (κ1) is 12.6. The number of carbonyl (C=O) groups is 1. The number of fused-ring (bicyclic) bond motifs is 1. The van der Waals surface area contributed by atoms with Gasteiger partial charge < -0.3 is 10.4 Å². The molecule has 0 saturated carbocycles. The molecule has 0 fully saturated rings. The second kappa shape index (κ2) is 4.77. The Morgan fingerprint density at radius 2 is 2.39 bits per heavy atom. The SMILES string of the molecule is CC[C@@H](C)NC(=O)c1c(O)nc2sccn2c1=O. The number of amides is 1. The van der Waals surface area contributed by atoms with Crippen LogP contribution in [0.1, 0.15) is 30.6 Å². The normalized spacial score (nSPS) is 12.6. The highest BCUT2D eigenvalue weighted by Crippen LogP contribution is 2.14. The standard InChI is InChI=1S/C11H13N3O3S/c1-3-6(2)12-8(15)7-9(16)13-11-14(10(7)17)4-5-18-11/h4-6,16H,3H2,1-2H3,(H,12,15)/t6-/m1/s1. The Kier molecular flexibility index (Phi) is 3.33. The highest BCUT2D eigenvalue weighted by molar-refractivity contribution is 7.15. The minimum Gasteiger partial charge on any atom is -0.492 e. The molecule has 2 heterocycles. The third-order valence-corrected chi connectivity index (χ3v) is 3.42. The third kappa shape index (κ3) is 2.08. The predicted molar refractivity (Wildman–Crippen MR) is 68.2 cm³/mol. The summed E-state index contributed by atoms with van der Waals surface area (Å²) in [4.78, 5) is 28.1. The highest BCUT2D eigenvalue weighted by Gasteiger charge is 2.20. The number of nitrogens with one attached hydrogen (secondary N) is 1. The van der Waals surface area contributed by atoms with E-state index in [9.17, 15) is 14.7 Å². The van der Waals surface area contributed by atoms with Crippen LogP contribution < -0.4 is 10.9 Å². The van der Waals surface area contributed by atoms with E-state index in [4.69, 9.17) is 0 Å². The fourth-order valence-electron chi connectivity index (χ4n) is 1.47. The first-order chi connectivity index (χ1) is 8.54. The lowest BCUT2D eigenvalue weighted by Gasteiger charge is -2.11. The van der Waals surface area contributed by atoms with Crippen molar-refractivity contribution in [3.8, 4) is 5.88 Å². The van der Waals surface area contributed by atoms with Gasteiger partial charge in [0, 0.05) is 17.6 Å². The zero-order valence-electron chi connectivity index (χ0n) is 10.0. The summed E-state index contributed by atoms with van der Waals surface area (Å²) in [6.07, 6.45) is 2.26. The Morgan fingerprint density at radius 3 is 3.06 bits per heavy atom. The van der Waals surface area contributed by atoms with Crippen molar-refractivity contribution in [1.82, 2.24) is 14.7 Å². The molecule has 1 amide bonds. The van der Waals surface area contributed by atoms with Gasteiger partial charge in [0.1, 0.15) is 0 Å². The fourth-order valence-corrected chi connectivity index (χ4v) is 2.17. The van der Waals surface area contributed by atoms with Gasteiger partial charge in [0.2, 0.25) is 5.88 Å². The van der Waals surface area contributed by atoms with E-state index in [2.05, 4.69) is 10.3 Å². The van der Waals surface area contributed by atoms with Crippen molar-refractivity contribution >= 4 is 22.2 Å². The molecule has 2 N–H and O–H groups in total. The van der Waals surface area contributed by atoms with E-state index in [1.165, 1.54) is 21.9 Å². The quantitative estimate of drug-likeness (QED) is 0.868. The van der Waals surface area contributed by atoms with E-state index >= 15 is 0 Å². The van der Waals surface area contributed by atoms with Crippen molar-refractivity contribution in [3.63, 3.8) is 0 Å². The molecule has 18 heavy (non-hydrogen) atoms. The van der Waals surface area contributed by atoms with Gasteiger partial charge in [-0.05, 0) is 13.3 Å². The molecule has 0 aromatic carbocycles. The zero-order chi connectivity index (χ0) is 13.3. The molecule has 0 aliphatic carbocycles. The van der Waals surface area contributed by atoms with Gasteiger partial charge >= 0.3 is 0 Å². The minimum atomic E-state index is -0.597. The Bertz CT molecular complexity index is 647. The van der Waals surface area contributed by atoms with E-state index in [0.717, 1.165) is 6.42 Å². The molecule has 0 spiro atoms. The van der Waals surface area contributed by atoms with E-state index < -0.39 is 17.3 Å². The molecule has 2 rings (SSSR count). The van der Waals surface area contributed by atoms with Crippen molar-refractivity contribution in [2.45, 2.75) is 26.3 Å². The third-order valence-electron chi connectivity index (χ3n) is 2.66. The largest absolute Gasteiger partial charge is 0.492 e. The molecule has 2 aromatic rings. The van der Waals surface area contributed by atoms with Crippen LogP contribution in [-0.2, 0) is 0 Å². The highest BCUT2D eigenvalue weighted by atomic mass is 32.1. The van der Waals surface area contributed by atoms with E-state index in [1.807, 2.05) is 13.8 Å². The number of aromatic nitrogens is 2. The van der Waals surface area contributed by atoms with Crippen molar-refractivity contribution in [1.29, 1.82) is 0 Å². The van der Waals surface area contributed by atoms with Crippen LogP contribution >= 0.6 is 11.3 Å². The monoisotopic (exact) mass is 267 g/mol. The van der Waals surface area contributed by atoms with Crippen LogP contribution in [0.5, 0.6) is 5.88 Å². The summed E-state index contributed by atoms with van der Waals surface area (Å²) in [7, 11) is 0. The number of aromatic hydroxyl groups is 1. The molecule has 0 radical (unpaired) electrons. The topological polar surface area (TPSA) is 83.7 Å². The number of hydrogen-bond acceptors (Lipinski definition) is 5. The second-order valence-corrected chi connectivity index (χ2v) is 4.83. The molecule has 6 nitrogen and oxygen atoms in total. The lowest BCUT2D eigenvalue weighted by Crippen LogP contribution is -2.36. The Morgan fingerprint density at radius 1 is 1.67 bits per heavy atom. The van der Waals surface area contributed by atoms with Crippen LogP contribution in [-0.4, -0.2) is 26.4 Å². The fraction of sp³-hybridized carbons (Fsp3) is 0.364. The van der Waals surface area contributed by atoms with Gasteiger partial charge in [0.25, 0.3) is 11.5 Å². The van der Waals surface area contributed by atoms with Gasteiger partial charge in [-0.3, -0.25) is 14.0 Å². The number of rotatable bonds is 3. The Balaban J connectivity index is 2.50. The van der Waals surface area contributed by atoms with Crippen LogP contribution in [0.2, 0.25) is 0 Å². The van der Waals surface area contributed by atoms with Crippen molar-refractivity contribution in [3.05, 3.63) is 27.5 Å². The maximum absolute atomic E-state index is 12.0. The van der Waals surface area contributed by atoms with Gasteiger partial charge in [0.15, 0.2) is 10.5 Å². The van der Waals surface area contributed by atoms with Crippen LogP contribution in [0.15, 0.2) is 16.4 Å². The lowest BCUT2D eigenvalue weighted by atomic mass is 10.2.